The molecule has 0 aliphatic heterocycles. The van der Waals surface area contributed by atoms with E-state index in [-0.39, 0.29) is 18.0 Å². The fourth-order valence-electron chi connectivity index (χ4n) is 1.86. The van der Waals surface area contributed by atoms with Crippen LogP contribution in [0.15, 0.2) is 30.3 Å². The van der Waals surface area contributed by atoms with Gasteiger partial charge in [0.1, 0.15) is 17.1 Å². The maximum atomic E-state index is 11.0. The highest BCUT2D eigenvalue weighted by Gasteiger charge is 2.14. The molecule has 0 fully saturated rings. The lowest BCUT2D eigenvalue weighted by molar-refractivity contribution is -0.384. The summed E-state index contributed by atoms with van der Waals surface area (Å²) in [4.78, 5) is 14.7. The van der Waals surface area contributed by atoms with Crippen molar-refractivity contribution in [3.8, 4) is 5.75 Å². The summed E-state index contributed by atoms with van der Waals surface area (Å²) in [6, 6.07) is 8.11. The fraction of sp³-hybridized carbons (Fsp3) is 0.214. The Morgan fingerprint density at radius 3 is 2.75 bits per heavy atom. The third-order valence-electron chi connectivity index (χ3n) is 2.88. The maximum Gasteiger partial charge on any atom is 0.292 e. The van der Waals surface area contributed by atoms with Gasteiger partial charge in [0.25, 0.3) is 5.69 Å². The van der Waals surface area contributed by atoms with Crippen LogP contribution in [0.3, 0.4) is 0 Å². The Hall–Kier alpha value is -2.63. The number of anilines is 1. The molecule has 0 atom stereocenters. The van der Waals surface area contributed by atoms with E-state index in [9.17, 15) is 15.2 Å². The first kappa shape index (κ1) is 13.8. The van der Waals surface area contributed by atoms with Crippen molar-refractivity contribution in [2.24, 2.45) is 0 Å². The highest BCUT2D eigenvalue weighted by Crippen LogP contribution is 2.26. The number of aromatic hydroxyl groups is 1. The topological polar surface area (TPSA) is 88.3 Å². The molecule has 0 saturated heterocycles. The summed E-state index contributed by atoms with van der Waals surface area (Å²) in [7, 11) is 0. The molecule has 0 radical (unpaired) electrons. The van der Waals surface area contributed by atoms with E-state index in [0.717, 1.165) is 11.3 Å². The lowest BCUT2D eigenvalue weighted by Crippen LogP contribution is -2.05. The number of nitrogens with one attached hydrogen (secondary N) is 1. The number of nitro groups is 1. The molecule has 0 aliphatic carbocycles. The SMILES string of the molecule is Cc1ccc([N+](=O)[O-])c(NCc2nc(C)ccc2O)c1. The summed E-state index contributed by atoms with van der Waals surface area (Å²) in [6.07, 6.45) is 0. The van der Waals surface area contributed by atoms with E-state index in [1.54, 1.807) is 24.3 Å². The van der Waals surface area contributed by atoms with Crippen LogP contribution in [-0.4, -0.2) is 15.0 Å². The van der Waals surface area contributed by atoms with Crippen molar-refractivity contribution in [3.05, 3.63) is 57.4 Å². The quantitative estimate of drug-likeness (QED) is 0.660. The smallest absolute Gasteiger partial charge is 0.292 e. The van der Waals surface area contributed by atoms with E-state index in [1.807, 2.05) is 13.8 Å². The molecule has 2 aromatic rings. The van der Waals surface area contributed by atoms with Crippen molar-refractivity contribution < 1.29 is 10.0 Å². The van der Waals surface area contributed by atoms with Crippen LogP contribution in [0.25, 0.3) is 0 Å². The summed E-state index contributed by atoms with van der Waals surface area (Å²) in [5, 5.41) is 23.6. The zero-order valence-electron chi connectivity index (χ0n) is 11.3. The average Bonchev–Trinajstić information content (AvgIpc) is 2.39. The summed E-state index contributed by atoms with van der Waals surface area (Å²) in [6.45, 7) is 3.90. The predicted octanol–water partition coefficient (Wildman–Crippen LogP) is 2.92. The predicted molar refractivity (Wildman–Crippen MR) is 75.8 cm³/mol. The minimum absolute atomic E-state index is 0.00254. The van der Waals surface area contributed by atoms with Crippen molar-refractivity contribution in [2.45, 2.75) is 20.4 Å². The lowest BCUT2D eigenvalue weighted by atomic mass is 10.2. The molecule has 6 heteroatoms. The van der Waals surface area contributed by atoms with Crippen molar-refractivity contribution in [3.63, 3.8) is 0 Å². The van der Waals surface area contributed by atoms with Crippen LogP contribution in [0.5, 0.6) is 5.75 Å². The molecule has 6 nitrogen and oxygen atoms in total. The standard InChI is InChI=1S/C14H15N3O3/c1-9-3-5-13(17(19)20)11(7-9)15-8-12-14(18)6-4-10(2)16-12/h3-7,15,18H,8H2,1-2H3. The molecule has 0 unspecified atom stereocenters. The minimum atomic E-state index is -0.439. The molecule has 1 aromatic carbocycles. The first-order valence-corrected chi connectivity index (χ1v) is 6.12. The fourth-order valence-corrected chi connectivity index (χ4v) is 1.86. The lowest BCUT2D eigenvalue weighted by Gasteiger charge is -2.09. The van der Waals surface area contributed by atoms with E-state index in [1.165, 1.54) is 6.07 Å². The number of rotatable bonds is 4. The van der Waals surface area contributed by atoms with Gasteiger partial charge in [-0.3, -0.25) is 15.1 Å². The molecule has 0 saturated carbocycles. The molecule has 2 rings (SSSR count). The number of benzene rings is 1. The first-order valence-electron chi connectivity index (χ1n) is 6.12. The largest absolute Gasteiger partial charge is 0.506 e. The van der Waals surface area contributed by atoms with Crippen molar-refractivity contribution >= 4 is 11.4 Å². The zero-order valence-corrected chi connectivity index (χ0v) is 11.3. The molecule has 0 bridgehead atoms. The van der Waals surface area contributed by atoms with Crippen LogP contribution < -0.4 is 5.32 Å². The number of hydrogen-bond acceptors (Lipinski definition) is 5. The van der Waals surface area contributed by atoms with Gasteiger partial charge in [-0.05, 0) is 37.6 Å². The van der Waals surface area contributed by atoms with Gasteiger partial charge in [0, 0.05) is 11.8 Å². The Kier molecular flexibility index (Phi) is 3.84. The number of aryl methyl sites for hydroxylation is 2. The molecule has 0 amide bonds. The molecular weight excluding hydrogens is 258 g/mol. The van der Waals surface area contributed by atoms with Gasteiger partial charge >= 0.3 is 0 Å². The molecule has 104 valence electrons. The highest BCUT2D eigenvalue weighted by molar-refractivity contribution is 5.62. The Morgan fingerprint density at radius 1 is 1.30 bits per heavy atom. The van der Waals surface area contributed by atoms with E-state index in [2.05, 4.69) is 10.3 Å². The average molecular weight is 273 g/mol. The third kappa shape index (κ3) is 3.03. The van der Waals surface area contributed by atoms with Crippen LogP contribution in [0, 0.1) is 24.0 Å². The second kappa shape index (κ2) is 5.56. The van der Waals surface area contributed by atoms with Crippen molar-refractivity contribution in [1.29, 1.82) is 0 Å². The Bertz CT molecular complexity index is 656. The molecular formula is C14H15N3O3. The van der Waals surface area contributed by atoms with Crippen LogP contribution in [0.4, 0.5) is 11.4 Å². The molecule has 0 spiro atoms. The van der Waals surface area contributed by atoms with E-state index in [0.29, 0.717) is 11.4 Å². The number of hydrogen-bond donors (Lipinski definition) is 2. The number of aromatic nitrogens is 1. The summed E-state index contributed by atoms with van der Waals surface area (Å²) in [5.41, 5.74) is 2.57. The van der Waals surface area contributed by atoms with E-state index >= 15 is 0 Å². The summed E-state index contributed by atoms with van der Waals surface area (Å²) >= 11 is 0. The maximum absolute atomic E-state index is 11.0. The number of pyridine rings is 1. The second-order valence-electron chi connectivity index (χ2n) is 4.55. The van der Waals surface area contributed by atoms with Crippen LogP contribution in [-0.2, 0) is 6.54 Å². The third-order valence-corrected chi connectivity index (χ3v) is 2.88. The van der Waals surface area contributed by atoms with Gasteiger partial charge in [-0.1, -0.05) is 6.07 Å². The zero-order chi connectivity index (χ0) is 14.7. The molecule has 20 heavy (non-hydrogen) atoms. The van der Waals surface area contributed by atoms with Crippen LogP contribution >= 0.6 is 0 Å². The normalized spacial score (nSPS) is 10.3. The molecule has 1 heterocycles. The minimum Gasteiger partial charge on any atom is -0.506 e. The molecule has 1 aromatic heterocycles. The molecule has 0 aliphatic rings. The Labute approximate surface area is 116 Å². The van der Waals surface area contributed by atoms with Gasteiger partial charge in [0.15, 0.2) is 0 Å². The van der Waals surface area contributed by atoms with Gasteiger partial charge in [-0.15, -0.1) is 0 Å². The van der Waals surface area contributed by atoms with Crippen molar-refractivity contribution in [2.75, 3.05) is 5.32 Å². The van der Waals surface area contributed by atoms with Crippen LogP contribution in [0.1, 0.15) is 17.0 Å². The van der Waals surface area contributed by atoms with E-state index in [4.69, 9.17) is 0 Å². The number of nitrogens with zero attached hydrogens (tertiary/aromatic N) is 2. The highest BCUT2D eigenvalue weighted by atomic mass is 16.6. The van der Waals surface area contributed by atoms with Gasteiger partial charge in [0.05, 0.1) is 11.5 Å². The Balaban J connectivity index is 2.24. The first-order chi connectivity index (χ1) is 9.47. The van der Waals surface area contributed by atoms with Gasteiger partial charge < -0.3 is 10.4 Å². The monoisotopic (exact) mass is 273 g/mol. The van der Waals surface area contributed by atoms with E-state index < -0.39 is 4.92 Å². The second-order valence-corrected chi connectivity index (χ2v) is 4.55. The Morgan fingerprint density at radius 2 is 2.05 bits per heavy atom. The summed E-state index contributed by atoms with van der Waals surface area (Å²) < 4.78 is 0. The van der Waals surface area contributed by atoms with Crippen molar-refractivity contribution in [1.82, 2.24) is 4.98 Å². The van der Waals surface area contributed by atoms with Crippen LogP contribution in [0.2, 0.25) is 0 Å². The number of nitro benzene ring substituents is 1. The van der Waals surface area contributed by atoms with Gasteiger partial charge in [-0.25, -0.2) is 0 Å². The van der Waals surface area contributed by atoms with Gasteiger partial charge in [-0.2, -0.15) is 0 Å². The van der Waals surface area contributed by atoms with Gasteiger partial charge in [0.2, 0.25) is 0 Å². The molecule has 2 N–H and O–H groups in total. The summed E-state index contributed by atoms with van der Waals surface area (Å²) in [5.74, 6) is 0.0680.